The number of rotatable bonds is 6. The molecular formula is C30H34N2O3. The van der Waals surface area contributed by atoms with Crippen LogP contribution < -0.4 is 10.1 Å². The Labute approximate surface area is 208 Å². The standard InChI is InChI=1S/C30H34N2O3/c1-20(2)35-25-16-9-15-24(19-25)31-29(33)26-17-10-18-32(28(26)23-13-6-5-7-14-23)30(34)27-21(3)11-8-12-22(27)4/h5-9,11-16,19-20,26,28H,10,17-18H2,1-4H3,(H,31,33)/t26-,28-/m0/s1. The summed E-state index contributed by atoms with van der Waals surface area (Å²) in [5.41, 5.74) is 4.31. The van der Waals surface area contributed by atoms with Gasteiger partial charge in [0.25, 0.3) is 5.91 Å². The molecule has 1 N–H and O–H groups in total. The third-order valence-electron chi connectivity index (χ3n) is 6.54. The number of hydrogen-bond donors (Lipinski definition) is 1. The maximum absolute atomic E-state index is 13.9. The van der Waals surface area contributed by atoms with Crippen LogP contribution in [-0.2, 0) is 4.79 Å². The summed E-state index contributed by atoms with van der Waals surface area (Å²) in [4.78, 5) is 29.4. The highest BCUT2D eigenvalue weighted by molar-refractivity contribution is 5.99. The van der Waals surface area contributed by atoms with Crippen LogP contribution in [0.15, 0.2) is 72.8 Å². The minimum absolute atomic E-state index is 0.0146. The first-order valence-corrected chi connectivity index (χ1v) is 12.3. The first kappa shape index (κ1) is 24.5. The predicted molar refractivity (Wildman–Crippen MR) is 140 cm³/mol. The molecule has 1 aliphatic heterocycles. The maximum atomic E-state index is 13.9. The number of ether oxygens (including phenoxy) is 1. The van der Waals surface area contributed by atoms with E-state index in [2.05, 4.69) is 5.32 Å². The number of aryl methyl sites for hydroxylation is 2. The molecule has 0 aromatic heterocycles. The van der Waals surface area contributed by atoms with Gasteiger partial charge in [0.15, 0.2) is 0 Å². The number of anilines is 1. The van der Waals surface area contributed by atoms with Crippen LogP contribution in [0.2, 0.25) is 0 Å². The van der Waals surface area contributed by atoms with E-state index in [1.165, 1.54) is 0 Å². The number of piperidine rings is 1. The Balaban J connectivity index is 1.66. The monoisotopic (exact) mass is 470 g/mol. The minimum Gasteiger partial charge on any atom is -0.491 e. The number of amides is 2. The molecule has 3 aromatic carbocycles. The number of carbonyl (C=O) groups is 2. The average molecular weight is 471 g/mol. The molecule has 1 heterocycles. The molecular weight excluding hydrogens is 436 g/mol. The van der Waals surface area contributed by atoms with E-state index < -0.39 is 0 Å². The highest BCUT2D eigenvalue weighted by Crippen LogP contribution is 2.38. The number of benzene rings is 3. The van der Waals surface area contributed by atoms with Gasteiger partial charge in [-0.15, -0.1) is 0 Å². The number of hydrogen-bond acceptors (Lipinski definition) is 3. The molecule has 5 heteroatoms. The summed E-state index contributed by atoms with van der Waals surface area (Å²) in [6.45, 7) is 8.50. The van der Waals surface area contributed by atoms with Crippen LogP contribution in [0.5, 0.6) is 5.75 Å². The molecule has 1 saturated heterocycles. The van der Waals surface area contributed by atoms with Crippen molar-refractivity contribution in [2.45, 2.75) is 52.7 Å². The number of carbonyl (C=O) groups excluding carboxylic acids is 2. The normalized spacial score (nSPS) is 17.8. The quantitative estimate of drug-likeness (QED) is 0.458. The largest absolute Gasteiger partial charge is 0.491 e. The van der Waals surface area contributed by atoms with Gasteiger partial charge in [0.1, 0.15) is 5.75 Å². The van der Waals surface area contributed by atoms with Crippen molar-refractivity contribution in [3.63, 3.8) is 0 Å². The fourth-order valence-electron chi connectivity index (χ4n) is 5.01. The summed E-state index contributed by atoms with van der Waals surface area (Å²) in [7, 11) is 0. The van der Waals surface area contributed by atoms with Gasteiger partial charge in [-0.05, 0) is 69.4 Å². The van der Waals surface area contributed by atoms with Gasteiger partial charge in [-0.2, -0.15) is 0 Å². The van der Waals surface area contributed by atoms with Crippen LogP contribution in [0.3, 0.4) is 0 Å². The van der Waals surface area contributed by atoms with Crippen molar-refractivity contribution >= 4 is 17.5 Å². The molecule has 0 radical (unpaired) electrons. The van der Waals surface area contributed by atoms with Crippen LogP contribution in [-0.4, -0.2) is 29.4 Å². The lowest BCUT2D eigenvalue weighted by Gasteiger charge is -2.41. The molecule has 0 spiro atoms. The van der Waals surface area contributed by atoms with Gasteiger partial charge >= 0.3 is 0 Å². The second-order valence-electron chi connectivity index (χ2n) is 9.55. The van der Waals surface area contributed by atoms with Crippen LogP contribution in [0.25, 0.3) is 0 Å². The number of nitrogens with zero attached hydrogens (tertiary/aromatic N) is 1. The summed E-state index contributed by atoms with van der Waals surface area (Å²) >= 11 is 0. The topological polar surface area (TPSA) is 58.6 Å². The van der Waals surface area contributed by atoms with Crippen molar-refractivity contribution in [2.75, 3.05) is 11.9 Å². The van der Waals surface area contributed by atoms with Crippen molar-refractivity contribution in [3.8, 4) is 5.75 Å². The highest BCUT2D eigenvalue weighted by Gasteiger charge is 2.40. The molecule has 1 aliphatic rings. The van der Waals surface area contributed by atoms with Gasteiger partial charge in [-0.3, -0.25) is 9.59 Å². The van der Waals surface area contributed by atoms with Gasteiger partial charge in [0.05, 0.1) is 18.1 Å². The van der Waals surface area contributed by atoms with E-state index in [9.17, 15) is 9.59 Å². The van der Waals surface area contributed by atoms with E-state index in [0.717, 1.165) is 28.7 Å². The Morgan fingerprint density at radius 3 is 2.31 bits per heavy atom. The van der Waals surface area contributed by atoms with Gasteiger partial charge in [-0.25, -0.2) is 0 Å². The third kappa shape index (κ3) is 5.56. The summed E-state index contributed by atoms with van der Waals surface area (Å²) in [5, 5.41) is 3.09. The van der Waals surface area contributed by atoms with Crippen molar-refractivity contribution in [2.24, 2.45) is 5.92 Å². The Hall–Kier alpha value is -3.60. The Morgan fingerprint density at radius 2 is 1.63 bits per heavy atom. The molecule has 4 rings (SSSR count). The zero-order chi connectivity index (χ0) is 24.9. The van der Waals surface area contributed by atoms with E-state index in [1.807, 2.05) is 105 Å². The zero-order valence-corrected chi connectivity index (χ0v) is 21.0. The summed E-state index contributed by atoms with van der Waals surface area (Å²) in [5.74, 6) is 0.251. The fourth-order valence-corrected chi connectivity index (χ4v) is 5.01. The molecule has 0 bridgehead atoms. The molecule has 0 unspecified atom stereocenters. The van der Waals surface area contributed by atoms with Gasteiger partial charge in [-0.1, -0.05) is 54.6 Å². The summed E-state index contributed by atoms with van der Waals surface area (Å²) < 4.78 is 5.79. The zero-order valence-electron chi connectivity index (χ0n) is 21.0. The summed E-state index contributed by atoms with van der Waals surface area (Å²) in [6, 6.07) is 23.0. The summed E-state index contributed by atoms with van der Waals surface area (Å²) in [6.07, 6.45) is 1.53. The molecule has 182 valence electrons. The predicted octanol–water partition coefficient (Wildman–Crippen LogP) is 6.32. The van der Waals surface area contributed by atoms with Crippen molar-refractivity contribution < 1.29 is 14.3 Å². The second kappa shape index (κ2) is 10.8. The Bertz CT molecular complexity index is 1170. The average Bonchev–Trinajstić information content (AvgIpc) is 2.83. The lowest BCUT2D eigenvalue weighted by atomic mass is 9.83. The maximum Gasteiger partial charge on any atom is 0.254 e. The van der Waals surface area contributed by atoms with E-state index in [1.54, 1.807) is 0 Å². The van der Waals surface area contributed by atoms with Gasteiger partial charge < -0.3 is 15.0 Å². The van der Waals surface area contributed by atoms with E-state index >= 15 is 0 Å². The van der Waals surface area contributed by atoms with Gasteiger partial charge in [0.2, 0.25) is 5.91 Å². The van der Waals surface area contributed by atoms with E-state index in [-0.39, 0.29) is 29.9 Å². The van der Waals surface area contributed by atoms with Crippen LogP contribution in [0, 0.1) is 19.8 Å². The van der Waals surface area contributed by atoms with Crippen LogP contribution in [0.1, 0.15) is 59.8 Å². The molecule has 5 nitrogen and oxygen atoms in total. The second-order valence-corrected chi connectivity index (χ2v) is 9.55. The number of likely N-dealkylation sites (tertiary alicyclic amines) is 1. The van der Waals surface area contributed by atoms with E-state index in [0.29, 0.717) is 24.4 Å². The third-order valence-corrected chi connectivity index (χ3v) is 6.54. The Morgan fingerprint density at radius 1 is 0.943 bits per heavy atom. The molecule has 2 atom stereocenters. The molecule has 0 saturated carbocycles. The SMILES string of the molecule is Cc1cccc(C)c1C(=O)N1CCC[C@H](C(=O)Nc2cccc(OC(C)C)c2)[C@@H]1c1ccccc1. The first-order valence-electron chi connectivity index (χ1n) is 12.3. The molecule has 0 aliphatic carbocycles. The first-order chi connectivity index (χ1) is 16.8. The van der Waals surface area contributed by atoms with Crippen LogP contribution >= 0.6 is 0 Å². The Kier molecular flexibility index (Phi) is 7.54. The van der Waals surface area contributed by atoms with Crippen LogP contribution in [0.4, 0.5) is 5.69 Å². The molecule has 1 fully saturated rings. The molecule has 35 heavy (non-hydrogen) atoms. The molecule has 2 amide bonds. The van der Waals surface area contributed by atoms with Gasteiger partial charge in [0, 0.05) is 23.9 Å². The lowest BCUT2D eigenvalue weighted by molar-refractivity contribution is -0.123. The van der Waals surface area contributed by atoms with Crippen molar-refractivity contribution in [3.05, 3.63) is 95.1 Å². The van der Waals surface area contributed by atoms with E-state index in [4.69, 9.17) is 4.74 Å². The fraction of sp³-hybridized carbons (Fsp3) is 0.333. The number of nitrogens with one attached hydrogen (secondary N) is 1. The highest BCUT2D eigenvalue weighted by atomic mass is 16.5. The minimum atomic E-state index is -0.367. The molecule has 3 aromatic rings. The van der Waals surface area contributed by atoms with Crippen molar-refractivity contribution in [1.29, 1.82) is 0 Å². The van der Waals surface area contributed by atoms with Crippen molar-refractivity contribution in [1.82, 2.24) is 4.90 Å². The smallest absolute Gasteiger partial charge is 0.254 e. The lowest BCUT2D eigenvalue weighted by Crippen LogP contribution is -2.46.